The molecule has 1 atom stereocenters. The van der Waals surface area contributed by atoms with Gasteiger partial charge in [-0.25, -0.2) is 0 Å². The van der Waals surface area contributed by atoms with E-state index in [1.807, 2.05) is 12.1 Å². The molecular weight excluding hydrogens is 226 g/mol. The number of nitrogens with two attached hydrogens (primary N) is 1. The number of hydrogen-bond donors (Lipinski definition) is 1. The van der Waals surface area contributed by atoms with E-state index in [9.17, 15) is 0 Å². The van der Waals surface area contributed by atoms with Crippen LogP contribution in [0.5, 0.6) is 0 Å². The van der Waals surface area contributed by atoms with Gasteiger partial charge in [-0.1, -0.05) is 29.4 Å². The minimum absolute atomic E-state index is 0.0561. The maximum absolute atomic E-state index is 6.05. The van der Waals surface area contributed by atoms with Crippen LogP contribution in [0.1, 0.15) is 41.7 Å². The molecule has 4 heteroatoms. The first-order chi connectivity index (χ1) is 8.74. The molecule has 18 heavy (non-hydrogen) atoms. The molecule has 1 aromatic heterocycles. The van der Waals surface area contributed by atoms with Crippen molar-refractivity contribution in [3.63, 3.8) is 0 Å². The van der Waals surface area contributed by atoms with Gasteiger partial charge >= 0.3 is 0 Å². The van der Waals surface area contributed by atoms with Crippen LogP contribution in [0, 0.1) is 12.8 Å². The van der Waals surface area contributed by atoms with Gasteiger partial charge in [0.05, 0.1) is 12.5 Å². The third-order valence-corrected chi connectivity index (χ3v) is 3.51. The summed E-state index contributed by atoms with van der Waals surface area (Å²) in [6.07, 6.45) is 3.04. The summed E-state index contributed by atoms with van der Waals surface area (Å²) in [6.45, 7) is 2.09. The third-order valence-electron chi connectivity index (χ3n) is 3.51. The highest BCUT2D eigenvalue weighted by Gasteiger charge is 2.32. The van der Waals surface area contributed by atoms with E-state index >= 15 is 0 Å². The molecule has 0 saturated heterocycles. The lowest BCUT2D eigenvalue weighted by Gasteiger charge is -2.02. The zero-order valence-electron chi connectivity index (χ0n) is 10.5. The van der Waals surface area contributed by atoms with Gasteiger partial charge < -0.3 is 10.3 Å². The van der Waals surface area contributed by atoms with E-state index in [-0.39, 0.29) is 6.04 Å². The predicted octanol–water partition coefficient (Wildman–Crippen LogP) is 2.38. The lowest BCUT2D eigenvalue weighted by Crippen LogP contribution is -2.14. The van der Waals surface area contributed by atoms with Crippen molar-refractivity contribution in [1.82, 2.24) is 10.1 Å². The van der Waals surface area contributed by atoms with Crippen molar-refractivity contribution in [2.75, 3.05) is 0 Å². The Balaban J connectivity index is 1.75. The molecule has 0 radical (unpaired) electrons. The molecule has 1 heterocycles. The van der Waals surface area contributed by atoms with Crippen molar-refractivity contribution in [3.8, 4) is 0 Å². The summed E-state index contributed by atoms with van der Waals surface area (Å²) in [5.41, 5.74) is 8.51. The Morgan fingerprint density at radius 3 is 2.89 bits per heavy atom. The second kappa shape index (κ2) is 4.53. The maximum atomic E-state index is 6.05. The average molecular weight is 243 g/mol. The van der Waals surface area contributed by atoms with Crippen LogP contribution in [0.3, 0.4) is 0 Å². The summed E-state index contributed by atoms with van der Waals surface area (Å²) >= 11 is 0. The van der Waals surface area contributed by atoms with E-state index in [0.29, 0.717) is 24.1 Å². The Hall–Kier alpha value is -1.68. The minimum Gasteiger partial charge on any atom is -0.339 e. The molecule has 0 spiro atoms. The molecular formula is C14H17N3O. The monoisotopic (exact) mass is 243 g/mol. The largest absolute Gasteiger partial charge is 0.339 e. The molecule has 1 aromatic carbocycles. The van der Waals surface area contributed by atoms with Gasteiger partial charge in [-0.2, -0.15) is 4.98 Å². The molecule has 0 bridgehead atoms. The van der Waals surface area contributed by atoms with Crippen LogP contribution in [0.15, 0.2) is 28.8 Å². The van der Waals surface area contributed by atoms with Crippen molar-refractivity contribution in [3.05, 3.63) is 47.1 Å². The maximum Gasteiger partial charge on any atom is 0.231 e. The van der Waals surface area contributed by atoms with E-state index in [2.05, 4.69) is 29.2 Å². The summed E-state index contributed by atoms with van der Waals surface area (Å²) in [5, 5.41) is 3.99. The van der Waals surface area contributed by atoms with Gasteiger partial charge in [-0.3, -0.25) is 0 Å². The van der Waals surface area contributed by atoms with Crippen molar-refractivity contribution < 1.29 is 4.52 Å². The molecule has 1 saturated carbocycles. The smallest absolute Gasteiger partial charge is 0.231 e. The van der Waals surface area contributed by atoms with Gasteiger partial charge in [-0.05, 0) is 36.8 Å². The SMILES string of the molecule is Cc1ccccc1Cc1nc(C(N)C2CC2)no1. The van der Waals surface area contributed by atoms with Crippen molar-refractivity contribution in [2.45, 2.75) is 32.2 Å². The Labute approximate surface area is 106 Å². The molecule has 1 aliphatic rings. The molecule has 1 aliphatic carbocycles. The van der Waals surface area contributed by atoms with Crippen LogP contribution in [-0.2, 0) is 6.42 Å². The minimum atomic E-state index is -0.0561. The summed E-state index contributed by atoms with van der Waals surface area (Å²) < 4.78 is 5.28. The topological polar surface area (TPSA) is 64.9 Å². The van der Waals surface area contributed by atoms with Gasteiger partial charge in [0.1, 0.15) is 0 Å². The third kappa shape index (κ3) is 2.29. The highest BCUT2D eigenvalue weighted by atomic mass is 16.5. The molecule has 2 aromatic rings. The van der Waals surface area contributed by atoms with Crippen LogP contribution in [0.25, 0.3) is 0 Å². The number of nitrogens with zero attached hydrogens (tertiary/aromatic N) is 2. The van der Waals surface area contributed by atoms with Crippen LogP contribution < -0.4 is 5.73 Å². The highest BCUT2D eigenvalue weighted by molar-refractivity contribution is 5.27. The normalized spacial score (nSPS) is 16.8. The Bertz CT molecular complexity index is 545. The lowest BCUT2D eigenvalue weighted by atomic mass is 10.1. The number of aromatic nitrogens is 2. The van der Waals surface area contributed by atoms with Gasteiger partial charge in [0.25, 0.3) is 0 Å². The molecule has 0 amide bonds. The molecule has 1 unspecified atom stereocenters. The number of rotatable bonds is 4. The van der Waals surface area contributed by atoms with E-state index in [1.54, 1.807) is 0 Å². The molecule has 94 valence electrons. The quantitative estimate of drug-likeness (QED) is 0.895. The first-order valence-electron chi connectivity index (χ1n) is 6.36. The highest BCUT2D eigenvalue weighted by Crippen LogP contribution is 2.38. The van der Waals surface area contributed by atoms with Gasteiger partial charge in [0.15, 0.2) is 5.82 Å². The first kappa shape index (κ1) is 11.4. The number of hydrogen-bond acceptors (Lipinski definition) is 4. The number of benzene rings is 1. The van der Waals surface area contributed by atoms with E-state index in [4.69, 9.17) is 10.3 Å². The standard InChI is InChI=1S/C14H17N3O/c1-9-4-2-3-5-11(9)8-12-16-14(17-18-12)13(15)10-6-7-10/h2-5,10,13H,6-8,15H2,1H3. The Morgan fingerprint density at radius 1 is 1.39 bits per heavy atom. The first-order valence-corrected chi connectivity index (χ1v) is 6.36. The van der Waals surface area contributed by atoms with Crippen LogP contribution >= 0.6 is 0 Å². The average Bonchev–Trinajstić information content (AvgIpc) is 3.12. The molecule has 1 fully saturated rings. The fraction of sp³-hybridized carbons (Fsp3) is 0.429. The van der Waals surface area contributed by atoms with Gasteiger partial charge in [-0.15, -0.1) is 0 Å². The second-order valence-corrected chi connectivity index (χ2v) is 5.01. The van der Waals surface area contributed by atoms with Gasteiger partial charge in [0.2, 0.25) is 5.89 Å². The van der Waals surface area contributed by atoms with Crippen molar-refractivity contribution in [1.29, 1.82) is 0 Å². The van der Waals surface area contributed by atoms with Crippen LogP contribution in [-0.4, -0.2) is 10.1 Å². The van der Waals surface area contributed by atoms with Gasteiger partial charge in [0, 0.05) is 0 Å². The zero-order valence-corrected chi connectivity index (χ0v) is 10.5. The van der Waals surface area contributed by atoms with E-state index in [1.165, 1.54) is 24.0 Å². The van der Waals surface area contributed by atoms with Crippen LogP contribution in [0.2, 0.25) is 0 Å². The molecule has 2 N–H and O–H groups in total. The molecule has 4 nitrogen and oxygen atoms in total. The Morgan fingerprint density at radius 2 is 2.17 bits per heavy atom. The molecule has 0 aliphatic heterocycles. The van der Waals surface area contributed by atoms with Crippen molar-refractivity contribution in [2.24, 2.45) is 11.7 Å². The molecule has 3 rings (SSSR count). The van der Waals surface area contributed by atoms with E-state index < -0.39 is 0 Å². The summed E-state index contributed by atoms with van der Waals surface area (Å²) in [4.78, 5) is 4.41. The van der Waals surface area contributed by atoms with Crippen molar-refractivity contribution >= 4 is 0 Å². The summed E-state index contributed by atoms with van der Waals surface area (Å²) in [7, 11) is 0. The van der Waals surface area contributed by atoms with Crippen LogP contribution in [0.4, 0.5) is 0 Å². The Kier molecular flexibility index (Phi) is 2.88. The predicted molar refractivity (Wildman–Crippen MR) is 67.9 cm³/mol. The fourth-order valence-corrected chi connectivity index (χ4v) is 2.11. The second-order valence-electron chi connectivity index (χ2n) is 5.01. The number of aryl methyl sites for hydroxylation is 1. The summed E-state index contributed by atoms with van der Waals surface area (Å²) in [5.74, 6) is 1.85. The lowest BCUT2D eigenvalue weighted by molar-refractivity contribution is 0.373. The van der Waals surface area contributed by atoms with E-state index in [0.717, 1.165) is 0 Å². The fourth-order valence-electron chi connectivity index (χ4n) is 2.11. The zero-order chi connectivity index (χ0) is 12.5. The summed E-state index contributed by atoms with van der Waals surface area (Å²) in [6, 6.07) is 8.17.